The van der Waals surface area contributed by atoms with Crippen molar-refractivity contribution in [2.75, 3.05) is 14.2 Å². The van der Waals surface area contributed by atoms with Crippen molar-refractivity contribution in [1.82, 2.24) is 0 Å². The minimum absolute atomic E-state index is 0.0235. The zero-order chi connectivity index (χ0) is 13.0. The Morgan fingerprint density at radius 2 is 1.35 bits per heavy atom. The Morgan fingerprint density at radius 3 is 1.65 bits per heavy atom. The lowest BCUT2D eigenvalue weighted by Crippen LogP contribution is -2.07. The van der Waals surface area contributed by atoms with E-state index in [0.29, 0.717) is 0 Å². The van der Waals surface area contributed by atoms with Crippen molar-refractivity contribution in [3.8, 4) is 0 Å². The molecule has 7 heteroatoms. The van der Waals surface area contributed by atoms with Gasteiger partial charge in [0.1, 0.15) is 0 Å². The number of esters is 2. The Morgan fingerprint density at radius 1 is 0.941 bits per heavy atom. The first-order chi connectivity index (χ1) is 7.99. The maximum Gasteiger partial charge on any atom is 0.337 e. The Labute approximate surface area is 99.1 Å². The van der Waals surface area contributed by atoms with Crippen LogP contribution in [0.25, 0.3) is 0 Å². The number of carbonyl (C=O) groups is 2. The van der Waals surface area contributed by atoms with Gasteiger partial charge < -0.3 is 9.47 Å². The fourth-order valence-corrected chi connectivity index (χ4v) is 1.68. The van der Waals surface area contributed by atoms with Crippen LogP contribution in [0.2, 0.25) is 0 Å². The number of hydrogen-bond donors (Lipinski definition) is 1. The first-order valence-corrected chi connectivity index (χ1v) is 5.63. The summed E-state index contributed by atoms with van der Waals surface area (Å²) in [6.07, 6.45) is 0. The second-order valence-electron chi connectivity index (χ2n) is 3.01. The minimum Gasteiger partial charge on any atom is -0.465 e. The molecular weight excluding hydrogens is 248 g/mol. The maximum atomic E-state index is 11.3. The highest BCUT2D eigenvalue weighted by molar-refractivity contribution is 7.72. The largest absolute Gasteiger partial charge is 0.465 e. The quantitative estimate of drug-likeness (QED) is 0.617. The molecule has 0 aromatic heterocycles. The van der Waals surface area contributed by atoms with Crippen LogP contribution < -0.4 is 0 Å². The molecule has 0 bridgehead atoms. The third-order valence-corrected chi connectivity index (χ3v) is 2.65. The van der Waals surface area contributed by atoms with Crippen LogP contribution in [0.4, 0.5) is 0 Å². The van der Waals surface area contributed by atoms with Crippen LogP contribution in [-0.2, 0) is 20.2 Å². The maximum absolute atomic E-state index is 11.3. The van der Waals surface area contributed by atoms with Crippen LogP contribution >= 0.6 is 0 Å². The van der Waals surface area contributed by atoms with Crippen molar-refractivity contribution in [3.05, 3.63) is 29.3 Å². The molecule has 0 spiro atoms. The summed E-state index contributed by atoms with van der Waals surface area (Å²) in [6, 6.07) is 3.47. The lowest BCUT2D eigenvalue weighted by molar-refractivity contribution is 0.0598. The van der Waals surface area contributed by atoms with Gasteiger partial charge in [0, 0.05) is 0 Å². The number of thiol groups is 1. The van der Waals surface area contributed by atoms with Crippen molar-refractivity contribution in [1.29, 1.82) is 0 Å². The van der Waals surface area contributed by atoms with E-state index in [9.17, 15) is 18.0 Å². The normalized spacial score (nSPS) is 10.1. The summed E-state index contributed by atoms with van der Waals surface area (Å²) in [7, 11) is -0.590. The van der Waals surface area contributed by atoms with E-state index >= 15 is 0 Å². The molecule has 1 aromatic rings. The van der Waals surface area contributed by atoms with Crippen molar-refractivity contribution >= 4 is 22.6 Å². The SMILES string of the molecule is COC(=O)c1cc(C(=O)OC)cc([SH](=O)=O)c1. The molecule has 0 atom stereocenters. The summed E-state index contributed by atoms with van der Waals surface area (Å²) in [5.74, 6) is -1.46. The van der Waals surface area contributed by atoms with Crippen molar-refractivity contribution in [2.24, 2.45) is 0 Å². The summed E-state index contributed by atoms with van der Waals surface area (Å²) >= 11 is 0. The van der Waals surface area contributed by atoms with Gasteiger partial charge in [-0.15, -0.1) is 0 Å². The topological polar surface area (TPSA) is 86.7 Å². The van der Waals surface area contributed by atoms with Gasteiger partial charge in [0.25, 0.3) is 0 Å². The molecule has 0 aliphatic heterocycles. The monoisotopic (exact) mass is 258 g/mol. The van der Waals surface area contributed by atoms with Gasteiger partial charge in [-0.05, 0) is 18.2 Å². The lowest BCUT2D eigenvalue weighted by Gasteiger charge is -2.04. The van der Waals surface area contributed by atoms with Gasteiger partial charge in [0.2, 0.25) is 0 Å². The molecule has 17 heavy (non-hydrogen) atoms. The molecule has 0 saturated heterocycles. The molecule has 0 unspecified atom stereocenters. The highest BCUT2D eigenvalue weighted by Crippen LogP contribution is 2.13. The number of rotatable bonds is 3. The molecule has 1 aromatic carbocycles. The molecule has 6 nitrogen and oxygen atoms in total. The van der Waals surface area contributed by atoms with Gasteiger partial charge in [-0.25, -0.2) is 18.0 Å². The Bertz CT molecular complexity index is 489. The van der Waals surface area contributed by atoms with Crippen molar-refractivity contribution in [3.63, 3.8) is 0 Å². The van der Waals surface area contributed by atoms with Crippen LogP contribution in [0.5, 0.6) is 0 Å². The summed E-state index contributed by atoms with van der Waals surface area (Å²) in [5.41, 5.74) is -0.0470. The molecule has 0 radical (unpaired) electrons. The number of benzene rings is 1. The standard InChI is InChI=1S/C10H10O6S/c1-15-9(11)6-3-7(10(12)16-2)5-8(4-6)17(13)14/h3-5,17H,1-2H3. The molecule has 0 heterocycles. The minimum atomic E-state index is -2.90. The predicted molar refractivity (Wildman–Crippen MR) is 57.7 cm³/mol. The lowest BCUT2D eigenvalue weighted by atomic mass is 10.1. The van der Waals surface area contributed by atoms with Gasteiger partial charge in [-0.2, -0.15) is 0 Å². The Kier molecular flexibility index (Phi) is 4.22. The van der Waals surface area contributed by atoms with Crippen LogP contribution in [0.15, 0.2) is 23.1 Å². The van der Waals surface area contributed by atoms with E-state index in [0.717, 1.165) is 26.4 Å². The average molecular weight is 258 g/mol. The molecule has 0 saturated carbocycles. The smallest absolute Gasteiger partial charge is 0.337 e. The van der Waals surface area contributed by atoms with Crippen LogP contribution in [0.3, 0.4) is 0 Å². The number of methoxy groups -OCH3 is 2. The van der Waals surface area contributed by atoms with E-state index < -0.39 is 22.6 Å². The van der Waals surface area contributed by atoms with E-state index in [1.54, 1.807) is 0 Å². The number of carbonyl (C=O) groups excluding carboxylic acids is 2. The van der Waals surface area contributed by atoms with Crippen molar-refractivity contribution in [2.45, 2.75) is 4.90 Å². The van der Waals surface area contributed by atoms with E-state index in [2.05, 4.69) is 9.47 Å². The summed E-state index contributed by atoms with van der Waals surface area (Å²) in [4.78, 5) is 22.4. The molecule has 0 fully saturated rings. The van der Waals surface area contributed by atoms with Crippen LogP contribution in [-0.4, -0.2) is 34.6 Å². The van der Waals surface area contributed by atoms with Gasteiger partial charge in [0.05, 0.1) is 30.2 Å². The van der Waals surface area contributed by atoms with Gasteiger partial charge in [0.15, 0.2) is 10.7 Å². The zero-order valence-corrected chi connectivity index (χ0v) is 10.0. The first-order valence-electron chi connectivity index (χ1n) is 4.45. The van der Waals surface area contributed by atoms with E-state index in [-0.39, 0.29) is 16.0 Å². The Hall–Kier alpha value is -1.89. The second-order valence-corrected chi connectivity index (χ2v) is 4.04. The number of hydrogen-bond acceptors (Lipinski definition) is 6. The first kappa shape index (κ1) is 13.2. The third kappa shape index (κ3) is 3.04. The highest BCUT2D eigenvalue weighted by atomic mass is 32.2. The fraction of sp³-hybridized carbons (Fsp3) is 0.200. The predicted octanol–water partition coefficient (Wildman–Crippen LogP) is 0.230. The summed E-state index contributed by atoms with van der Waals surface area (Å²) in [6.45, 7) is 0. The third-order valence-electron chi connectivity index (χ3n) is 1.97. The highest BCUT2D eigenvalue weighted by Gasteiger charge is 2.14. The number of ether oxygens (including phenoxy) is 2. The molecule has 1 rings (SSSR count). The average Bonchev–Trinajstić information content (AvgIpc) is 2.36. The summed E-state index contributed by atoms with van der Waals surface area (Å²) in [5, 5.41) is 0. The van der Waals surface area contributed by atoms with Gasteiger partial charge in [-0.1, -0.05) is 0 Å². The molecule has 0 amide bonds. The Balaban J connectivity index is 3.38. The van der Waals surface area contributed by atoms with Crippen LogP contribution in [0.1, 0.15) is 20.7 Å². The molecule has 0 aliphatic rings. The zero-order valence-electron chi connectivity index (χ0n) is 9.13. The fourth-order valence-electron chi connectivity index (χ4n) is 1.19. The second kappa shape index (κ2) is 5.44. The summed E-state index contributed by atoms with van der Waals surface area (Å²) < 4.78 is 30.6. The van der Waals surface area contributed by atoms with E-state index in [1.165, 1.54) is 6.07 Å². The molecule has 0 N–H and O–H groups in total. The molecule has 92 valence electrons. The van der Waals surface area contributed by atoms with Crippen molar-refractivity contribution < 1.29 is 27.5 Å². The van der Waals surface area contributed by atoms with Gasteiger partial charge >= 0.3 is 11.9 Å². The van der Waals surface area contributed by atoms with Crippen LogP contribution in [0, 0.1) is 0 Å². The van der Waals surface area contributed by atoms with E-state index in [1.807, 2.05) is 0 Å². The molecule has 0 aliphatic carbocycles. The van der Waals surface area contributed by atoms with E-state index in [4.69, 9.17) is 0 Å². The molecular formula is C10H10O6S. The van der Waals surface area contributed by atoms with Gasteiger partial charge in [-0.3, -0.25) is 0 Å².